The molecular formula is C12H17NOS. The molecule has 0 radical (unpaired) electrons. The van der Waals surface area contributed by atoms with Crippen molar-refractivity contribution >= 4 is 11.3 Å². The van der Waals surface area contributed by atoms with Gasteiger partial charge in [0, 0.05) is 16.8 Å². The van der Waals surface area contributed by atoms with Crippen molar-refractivity contribution in [2.75, 3.05) is 7.05 Å². The van der Waals surface area contributed by atoms with Crippen LogP contribution in [-0.4, -0.2) is 19.3 Å². The molecule has 0 amide bonds. The van der Waals surface area contributed by atoms with Crippen LogP contribution >= 0.6 is 11.3 Å². The maximum Gasteiger partial charge on any atom is 0.0627 e. The normalized spacial score (nSPS) is 35.9. The molecule has 4 atom stereocenters. The minimum atomic E-state index is 0.500. The highest BCUT2D eigenvalue weighted by atomic mass is 32.1. The van der Waals surface area contributed by atoms with Gasteiger partial charge in [-0.2, -0.15) is 0 Å². The maximum absolute atomic E-state index is 5.93. The Morgan fingerprint density at radius 1 is 1.53 bits per heavy atom. The smallest absolute Gasteiger partial charge is 0.0627 e. The average Bonchev–Trinajstić information content (AvgIpc) is 2.94. The van der Waals surface area contributed by atoms with Gasteiger partial charge < -0.3 is 10.1 Å². The van der Waals surface area contributed by atoms with Crippen LogP contribution in [0.25, 0.3) is 0 Å². The highest BCUT2D eigenvalue weighted by Gasteiger charge is 2.44. The first-order chi connectivity index (χ1) is 7.38. The molecule has 0 aromatic carbocycles. The summed E-state index contributed by atoms with van der Waals surface area (Å²) in [6.45, 7) is 0. The van der Waals surface area contributed by atoms with Crippen LogP contribution in [0.3, 0.4) is 0 Å². The minimum absolute atomic E-state index is 0.500. The second-order valence-electron chi connectivity index (χ2n) is 4.56. The molecule has 2 saturated heterocycles. The Labute approximate surface area is 94.6 Å². The van der Waals surface area contributed by atoms with Gasteiger partial charge in [-0.05, 0) is 37.8 Å². The fourth-order valence-electron chi connectivity index (χ4n) is 3.06. The van der Waals surface area contributed by atoms with Gasteiger partial charge in [0.1, 0.15) is 0 Å². The van der Waals surface area contributed by atoms with Gasteiger partial charge in [-0.25, -0.2) is 0 Å². The lowest BCUT2D eigenvalue weighted by Crippen LogP contribution is -2.31. The van der Waals surface area contributed by atoms with Crippen LogP contribution in [0.15, 0.2) is 17.5 Å². The third kappa shape index (κ3) is 1.63. The molecule has 1 N–H and O–H groups in total. The molecule has 0 saturated carbocycles. The first kappa shape index (κ1) is 9.82. The van der Waals surface area contributed by atoms with E-state index in [4.69, 9.17) is 4.74 Å². The summed E-state index contributed by atoms with van der Waals surface area (Å²) in [5.41, 5.74) is 0. The molecule has 1 aromatic rings. The second-order valence-corrected chi connectivity index (χ2v) is 5.53. The Kier molecular flexibility index (Phi) is 2.54. The molecule has 4 unspecified atom stereocenters. The number of ether oxygens (including phenoxy) is 1. The summed E-state index contributed by atoms with van der Waals surface area (Å²) in [7, 11) is 2.07. The maximum atomic E-state index is 5.93. The molecule has 2 aliphatic heterocycles. The number of nitrogens with one attached hydrogen (secondary N) is 1. The van der Waals surface area contributed by atoms with Crippen molar-refractivity contribution in [3.8, 4) is 0 Å². The highest BCUT2D eigenvalue weighted by molar-refractivity contribution is 7.10. The fraction of sp³-hybridized carbons (Fsp3) is 0.667. The highest BCUT2D eigenvalue weighted by Crippen LogP contribution is 2.45. The van der Waals surface area contributed by atoms with E-state index in [0.717, 1.165) is 0 Å². The van der Waals surface area contributed by atoms with Gasteiger partial charge >= 0.3 is 0 Å². The summed E-state index contributed by atoms with van der Waals surface area (Å²) in [4.78, 5) is 1.46. The SMILES string of the molecule is CNC(c1cccs1)C1CC2CCC1O2. The molecule has 3 heterocycles. The van der Waals surface area contributed by atoms with Gasteiger partial charge in [0.15, 0.2) is 0 Å². The summed E-state index contributed by atoms with van der Waals surface area (Å²) >= 11 is 1.85. The first-order valence-electron chi connectivity index (χ1n) is 5.74. The van der Waals surface area contributed by atoms with Crippen molar-refractivity contribution in [2.45, 2.75) is 37.5 Å². The van der Waals surface area contributed by atoms with Gasteiger partial charge in [0.25, 0.3) is 0 Å². The predicted octanol–water partition coefficient (Wildman–Crippen LogP) is 2.58. The Bertz CT molecular complexity index is 324. The molecule has 1 aromatic heterocycles. The van der Waals surface area contributed by atoms with Crippen LogP contribution in [0, 0.1) is 5.92 Å². The van der Waals surface area contributed by atoms with E-state index in [-0.39, 0.29) is 0 Å². The third-order valence-corrected chi connectivity index (χ3v) is 4.70. The Balaban J connectivity index is 1.80. The summed E-state index contributed by atoms with van der Waals surface area (Å²) in [6.07, 6.45) is 4.85. The van der Waals surface area contributed by atoms with Crippen molar-refractivity contribution in [1.82, 2.24) is 5.32 Å². The van der Waals surface area contributed by atoms with Crippen LogP contribution in [-0.2, 0) is 4.74 Å². The zero-order valence-corrected chi connectivity index (χ0v) is 9.80. The second kappa shape index (κ2) is 3.89. The molecule has 0 spiro atoms. The summed E-state index contributed by atoms with van der Waals surface area (Å²) in [5, 5.41) is 5.62. The van der Waals surface area contributed by atoms with E-state index in [1.165, 1.54) is 24.1 Å². The van der Waals surface area contributed by atoms with Gasteiger partial charge in [-0.1, -0.05) is 6.07 Å². The van der Waals surface area contributed by atoms with Crippen LogP contribution in [0.1, 0.15) is 30.2 Å². The number of hydrogen-bond donors (Lipinski definition) is 1. The lowest BCUT2D eigenvalue weighted by molar-refractivity contribution is 0.0865. The van der Waals surface area contributed by atoms with Crippen LogP contribution in [0.4, 0.5) is 0 Å². The Morgan fingerprint density at radius 2 is 2.47 bits per heavy atom. The van der Waals surface area contributed by atoms with Crippen molar-refractivity contribution in [2.24, 2.45) is 5.92 Å². The van der Waals surface area contributed by atoms with E-state index in [2.05, 4.69) is 29.9 Å². The van der Waals surface area contributed by atoms with Crippen LogP contribution in [0.2, 0.25) is 0 Å². The van der Waals surface area contributed by atoms with E-state index in [9.17, 15) is 0 Å². The first-order valence-corrected chi connectivity index (χ1v) is 6.62. The van der Waals surface area contributed by atoms with Gasteiger partial charge in [0.05, 0.1) is 12.2 Å². The summed E-state index contributed by atoms with van der Waals surface area (Å²) in [6, 6.07) is 4.87. The number of fused-ring (bicyclic) bond motifs is 2. The van der Waals surface area contributed by atoms with E-state index in [1.807, 2.05) is 11.3 Å². The fourth-order valence-corrected chi connectivity index (χ4v) is 3.97. The van der Waals surface area contributed by atoms with E-state index < -0.39 is 0 Å². The monoisotopic (exact) mass is 223 g/mol. The number of hydrogen-bond acceptors (Lipinski definition) is 3. The largest absolute Gasteiger partial charge is 0.375 e. The van der Waals surface area contributed by atoms with Crippen molar-refractivity contribution in [1.29, 1.82) is 0 Å². The molecule has 82 valence electrons. The molecule has 3 rings (SSSR count). The molecule has 15 heavy (non-hydrogen) atoms. The zero-order chi connectivity index (χ0) is 10.3. The van der Waals surface area contributed by atoms with Crippen LogP contribution in [0.5, 0.6) is 0 Å². The molecule has 2 nitrogen and oxygen atoms in total. The lowest BCUT2D eigenvalue weighted by Gasteiger charge is -2.27. The summed E-state index contributed by atoms with van der Waals surface area (Å²) < 4.78 is 5.93. The Morgan fingerprint density at radius 3 is 3.00 bits per heavy atom. The quantitative estimate of drug-likeness (QED) is 0.850. The van der Waals surface area contributed by atoms with E-state index in [1.54, 1.807) is 0 Å². The van der Waals surface area contributed by atoms with E-state index >= 15 is 0 Å². The lowest BCUT2D eigenvalue weighted by atomic mass is 9.83. The molecule has 2 fully saturated rings. The van der Waals surface area contributed by atoms with Gasteiger partial charge in [-0.15, -0.1) is 11.3 Å². The molecular weight excluding hydrogens is 206 g/mol. The summed E-state index contributed by atoms with van der Waals surface area (Å²) in [5.74, 6) is 0.687. The molecule has 3 heteroatoms. The van der Waals surface area contributed by atoms with Crippen LogP contribution < -0.4 is 5.32 Å². The predicted molar refractivity (Wildman–Crippen MR) is 62.1 cm³/mol. The van der Waals surface area contributed by atoms with Gasteiger partial charge in [0.2, 0.25) is 0 Å². The average molecular weight is 223 g/mol. The molecule has 0 aliphatic carbocycles. The number of rotatable bonds is 3. The molecule has 2 bridgehead atoms. The minimum Gasteiger partial charge on any atom is -0.375 e. The van der Waals surface area contributed by atoms with Crippen molar-refractivity contribution < 1.29 is 4.74 Å². The topological polar surface area (TPSA) is 21.3 Å². The van der Waals surface area contributed by atoms with Crippen molar-refractivity contribution in [3.63, 3.8) is 0 Å². The third-order valence-electron chi connectivity index (χ3n) is 3.74. The van der Waals surface area contributed by atoms with E-state index in [0.29, 0.717) is 24.2 Å². The molecule has 2 aliphatic rings. The standard InChI is InChI=1S/C12H17NOS/c1-13-12(11-3-2-6-15-11)9-7-8-4-5-10(9)14-8/h2-3,6,8-10,12-13H,4-5,7H2,1H3. The van der Waals surface area contributed by atoms with Gasteiger partial charge in [-0.3, -0.25) is 0 Å². The number of thiophene rings is 1. The Hall–Kier alpha value is -0.380. The zero-order valence-electron chi connectivity index (χ0n) is 8.98. The van der Waals surface area contributed by atoms with Crippen molar-refractivity contribution in [3.05, 3.63) is 22.4 Å².